The van der Waals surface area contributed by atoms with Crippen LogP contribution in [0.1, 0.15) is 25.3 Å². The number of benzene rings is 2. The molecule has 2 N–H and O–H groups in total. The summed E-state index contributed by atoms with van der Waals surface area (Å²) in [5.74, 6) is 1.33. The molecule has 0 aliphatic heterocycles. The predicted octanol–water partition coefficient (Wildman–Crippen LogP) is 5.89. The molecule has 3 aromatic rings. The summed E-state index contributed by atoms with van der Waals surface area (Å²) in [6.45, 7) is 3.08. The number of ether oxygens (including phenoxy) is 1. The second kappa shape index (κ2) is 9.04. The summed E-state index contributed by atoms with van der Waals surface area (Å²) in [5, 5.41) is 4.62. The number of hydrogen-bond acceptors (Lipinski definition) is 3. The Morgan fingerprint density at radius 3 is 2.53 bits per heavy atom. The zero-order valence-corrected chi connectivity index (χ0v) is 17.7. The molecule has 0 spiro atoms. The molecule has 30 heavy (non-hydrogen) atoms. The smallest absolute Gasteiger partial charge is 0.118 e. The molecule has 2 aromatic carbocycles. The van der Waals surface area contributed by atoms with Crippen molar-refractivity contribution in [3.63, 3.8) is 0 Å². The van der Waals surface area contributed by atoms with Gasteiger partial charge in [-0.05, 0) is 48.2 Å². The number of hydrogen-bond donors (Lipinski definition) is 1. The fourth-order valence-electron chi connectivity index (χ4n) is 4.00. The van der Waals surface area contributed by atoms with Crippen molar-refractivity contribution in [2.75, 3.05) is 12.8 Å². The summed E-state index contributed by atoms with van der Waals surface area (Å²) in [5.41, 5.74) is 13.0. The second-order valence-electron chi connectivity index (χ2n) is 7.84. The summed E-state index contributed by atoms with van der Waals surface area (Å²) in [4.78, 5) is 0. The fraction of sp³-hybridized carbons (Fsp3) is 0.269. The van der Waals surface area contributed by atoms with E-state index in [-0.39, 0.29) is 0 Å². The molecule has 0 saturated heterocycles. The number of allylic oxidation sites excluding steroid dienone is 4. The molecule has 154 valence electrons. The van der Waals surface area contributed by atoms with E-state index in [1.165, 1.54) is 5.56 Å². The highest BCUT2D eigenvalue weighted by atomic mass is 16.5. The lowest BCUT2D eigenvalue weighted by molar-refractivity contribution is 0.415. The Morgan fingerprint density at radius 2 is 1.87 bits per heavy atom. The topological polar surface area (TPSA) is 53.1 Å². The van der Waals surface area contributed by atoms with Gasteiger partial charge in [0.15, 0.2) is 0 Å². The number of nitrogens with two attached hydrogens (primary N) is 1. The summed E-state index contributed by atoms with van der Waals surface area (Å²) in [7, 11) is 1.68. The number of methoxy groups -OCH3 is 1. The normalized spacial score (nSPS) is 15.5. The van der Waals surface area contributed by atoms with E-state index in [0.717, 1.165) is 59.5 Å². The van der Waals surface area contributed by atoms with Crippen molar-refractivity contribution in [2.24, 2.45) is 5.92 Å². The first kappa shape index (κ1) is 20.0. The fourth-order valence-corrected chi connectivity index (χ4v) is 4.00. The predicted molar refractivity (Wildman–Crippen MR) is 124 cm³/mol. The van der Waals surface area contributed by atoms with Crippen molar-refractivity contribution in [2.45, 2.75) is 32.7 Å². The molecule has 1 aromatic heterocycles. The van der Waals surface area contributed by atoms with E-state index in [2.05, 4.69) is 66.8 Å². The number of nitrogens with zero attached hydrogens (tertiary/aromatic N) is 2. The van der Waals surface area contributed by atoms with Crippen LogP contribution in [0.4, 0.5) is 5.69 Å². The second-order valence-corrected chi connectivity index (χ2v) is 7.84. The standard InChI is InChI=1S/C26H29N3O/c1-3-7-20-14-24(21-10-12-23(30-2)13-11-21)26(27)25(15-20)22-16-28-29(18-22)17-19-8-5-4-6-9-19/h4-6,8,10-16,18-19H,3,7,9,17,27H2,1-2H3. The Hall–Kier alpha value is -3.27. The largest absolute Gasteiger partial charge is 0.497 e. The molecule has 1 aliphatic rings. The molecule has 0 fully saturated rings. The minimum atomic E-state index is 0.487. The van der Waals surface area contributed by atoms with Gasteiger partial charge in [-0.15, -0.1) is 0 Å². The highest BCUT2D eigenvalue weighted by Gasteiger charge is 2.14. The van der Waals surface area contributed by atoms with Gasteiger partial charge in [-0.3, -0.25) is 4.68 Å². The highest BCUT2D eigenvalue weighted by Crippen LogP contribution is 2.37. The lowest BCUT2D eigenvalue weighted by Crippen LogP contribution is -2.09. The summed E-state index contributed by atoms with van der Waals surface area (Å²) in [6, 6.07) is 12.5. The lowest BCUT2D eigenvalue weighted by atomic mass is 9.93. The van der Waals surface area contributed by atoms with Crippen LogP contribution in [-0.4, -0.2) is 16.9 Å². The average Bonchev–Trinajstić information content (AvgIpc) is 3.24. The third-order valence-corrected chi connectivity index (χ3v) is 5.61. The zero-order chi connectivity index (χ0) is 20.9. The Balaban J connectivity index is 1.69. The van der Waals surface area contributed by atoms with Gasteiger partial charge in [0, 0.05) is 41.0 Å². The Kier molecular flexibility index (Phi) is 6.03. The molecule has 4 nitrogen and oxygen atoms in total. The van der Waals surface area contributed by atoms with Gasteiger partial charge < -0.3 is 10.5 Å². The van der Waals surface area contributed by atoms with Crippen LogP contribution in [0.15, 0.2) is 73.1 Å². The monoisotopic (exact) mass is 399 g/mol. The van der Waals surface area contributed by atoms with Gasteiger partial charge in [-0.1, -0.05) is 49.8 Å². The SMILES string of the molecule is CCCc1cc(-c2ccc(OC)cc2)c(N)c(-c2cnn(CC3C=CC=CC3)c2)c1. The number of anilines is 1. The molecule has 0 radical (unpaired) electrons. The number of aryl methyl sites for hydroxylation is 1. The van der Waals surface area contributed by atoms with E-state index in [4.69, 9.17) is 10.5 Å². The summed E-state index contributed by atoms with van der Waals surface area (Å²) in [6.07, 6.45) is 15.9. The van der Waals surface area contributed by atoms with Crippen molar-refractivity contribution in [1.29, 1.82) is 0 Å². The Labute approximate surface area is 178 Å². The van der Waals surface area contributed by atoms with Crippen LogP contribution >= 0.6 is 0 Å². The van der Waals surface area contributed by atoms with E-state index < -0.39 is 0 Å². The minimum Gasteiger partial charge on any atom is -0.497 e. The van der Waals surface area contributed by atoms with Crippen molar-refractivity contribution in [1.82, 2.24) is 9.78 Å². The molecule has 0 amide bonds. The first-order chi connectivity index (χ1) is 14.7. The third-order valence-electron chi connectivity index (χ3n) is 5.61. The molecule has 1 atom stereocenters. The quantitative estimate of drug-likeness (QED) is 0.504. The molecular weight excluding hydrogens is 370 g/mol. The van der Waals surface area contributed by atoms with Crippen molar-refractivity contribution >= 4 is 5.69 Å². The van der Waals surface area contributed by atoms with Crippen molar-refractivity contribution in [3.05, 3.63) is 78.7 Å². The third kappa shape index (κ3) is 4.33. The molecule has 0 saturated carbocycles. The Morgan fingerprint density at radius 1 is 1.10 bits per heavy atom. The van der Waals surface area contributed by atoms with Gasteiger partial charge in [-0.2, -0.15) is 5.10 Å². The van der Waals surface area contributed by atoms with Gasteiger partial charge in [0.1, 0.15) is 5.75 Å². The highest BCUT2D eigenvalue weighted by molar-refractivity contribution is 5.89. The molecule has 4 heteroatoms. The molecular formula is C26H29N3O. The van der Waals surface area contributed by atoms with Gasteiger partial charge in [0.2, 0.25) is 0 Å². The van der Waals surface area contributed by atoms with Crippen LogP contribution in [0.5, 0.6) is 5.75 Å². The van der Waals surface area contributed by atoms with Gasteiger partial charge in [0.25, 0.3) is 0 Å². The number of rotatable bonds is 7. The maximum atomic E-state index is 6.69. The first-order valence-corrected chi connectivity index (χ1v) is 10.6. The average molecular weight is 400 g/mol. The van der Waals surface area contributed by atoms with E-state index >= 15 is 0 Å². The van der Waals surface area contributed by atoms with E-state index in [1.54, 1.807) is 7.11 Å². The maximum Gasteiger partial charge on any atom is 0.118 e. The zero-order valence-electron chi connectivity index (χ0n) is 17.7. The lowest BCUT2D eigenvalue weighted by Gasteiger charge is -2.14. The summed E-state index contributed by atoms with van der Waals surface area (Å²) < 4.78 is 7.33. The molecule has 1 aliphatic carbocycles. The van der Waals surface area contributed by atoms with Crippen LogP contribution in [0, 0.1) is 5.92 Å². The van der Waals surface area contributed by atoms with Crippen LogP contribution in [-0.2, 0) is 13.0 Å². The van der Waals surface area contributed by atoms with Crippen LogP contribution in [0.3, 0.4) is 0 Å². The number of nitrogen functional groups attached to an aromatic ring is 1. The van der Waals surface area contributed by atoms with Gasteiger partial charge in [-0.25, -0.2) is 0 Å². The van der Waals surface area contributed by atoms with E-state index in [1.807, 2.05) is 23.0 Å². The minimum absolute atomic E-state index is 0.487. The first-order valence-electron chi connectivity index (χ1n) is 10.6. The molecule has 1 unspecified atom stereocenters. The van der Waals surface area contributed by atoms with Crippen LogP contribution in [0.25, 0.3) is 22.3 Å². The van der Waals surface area contributed by atoms with Crippen LogP contribution in [0.2, 0.25) is 0 Å². The van der Waals surface area contributed by atoms with Gasteiger partial charge >= 0.3 is 0 Å². The van der Waals surface area contributed by atoms with Crippen LogP contribution < -0.4 is 10.5 Å². The maximum absolute atomic E-state index is 6.69. The van der Waals surface area contributed by atoms with E-state index in [9.17, 15) is 0 Å². The Bertz CT molecular complexity index is 1060. The van der Waals surface area contributed by atoms with Crippen molar-refractivity contribution < 1.29 is 4.74 Å². The molecule has 0 bridgehead atoms. The molecule has 4 rings (SSSR count). The molecule has 1 heterocycles. The van der Waals surface area contributed by atoms with Gasteiger partial charge in [0.05, 0.1) is 13.3 Å². The number of aromatic nitrogens is 2. The summed E-state index contributed by atoms with van der Waals surface area (Å²) >= 11 is 0. The van der Waals surface area contributed by atoms with Crippen molar-refractivity contribution in [3.8, 4) is 28.0 Å². The van der Waals surface area contributed by atoms with E-state index in [0.29, 0.717) is 5.92 Å².